The van der Waals surface area contributed by atoms with E-state index >= 15 is 0 Å². The first-order valence-electron chi connectivity index (χ1n) is 8.49. The van der Waals surface area contributed by atoms with Crippen LogP contribution in [0.3, 0.4) is 0 Å². The Morgan fingerprint density at radius 2 is 2.04 bits per heavy atom. The molecule has 3 rings (SSSR count). The van der Waals surface area contributed by atoms with Crippen molar-refractivity contribution in [1.29, 1.82) is 0 Å². The summed E-state index contributed by atoms with van der Waals surface area (Å²) < 4.78 is 0. The van der Waals surface area contributed by atoms with Crippen molar-refractivity contribution in [2.45, 2.75) is 29.3 Å². The molecule has 3 N–H and O–H groups in total. The second-order valence-corrected chi connectivity index (χ2v) is 7.23. The lowest BCUT2D eigenvalue weighted by Crippen LogP contribution is -2.45. The van der Waals surface area contributed by atoms with E-state index in [1.807, 2.05) is 30.3 Å². The van der Waals surface area contributed by atoms with Gasteiger partial charge in [-0.15, -0.1) is 11.8 Å². The Kier molecular flexibility index (Phi) is 5.90. The van der Waals surface area contributed by atoms with Gasteiger partial charge in [0, 0.05) is 37.1 Å². The molecule has 2 heterocycles. The monoisotopic (exact) mass is 370 g/mol. The molecule has 2 atom stereocenters. The van der Waals surface area contributed by atoms with E-state index < -0.39 is 6.04 Å². The van der Waals surface area contributed by atoms with E-state index in [1.165, 1.54) is 0 Å². The van der Waals surface area contributed by atoms with Gasteiger partial charge in [0.05, 0.1) is 5.03 Å². The molecule has 2 amide bonds. The number of pyridine rings is 1. The molecule has 2 aromatic rings. The van der Waals surface area contributed by atoms with Crippen molar-refractivity contribution in [1.82, 2.24) is 15.2 Å². The molecular weight excluding hydrogens is 348 g/mol. The number of hydrogen-bond acceptors (Lipinski definition) is 5. The maximum absolute atomic E-state index is 12.8. The maximum atomic E-state index is 12.8. The number of benzene rings is 1. The molecule has 7 heteroatoms. The van der Waals surface area contributed by atoms with Gasteiger partial charge in [-0.05, 0) is 36.2 Å². The Labute approximate surface area is 157 Å². The number of nitrogens with one attached hydrogen (secondary N) is 1. The fourth-order valence-electron chi connectivity index (χ4n) is 3.01. The number of thioether (sulfide) groups is 1. The van der Waals surface area contributed by atoms with Crippen LogP contribution in [0, 0.1) is 0 Å². The van der Waals surface area contributed by atoms with E-state index in [0.717, 1.165) is 16.3 Å². The number of nitrogens with zero attached hydrogens (tertiary/aromatic N) is 2. The van der Waals surface area contributed by atoms with Gasteiger partial charge >= 0.3 is 0 Å². The quantitative estimate of drug-likeness (QED) is 0.782. The third-order valence-electron chi connectivity index (χ3n) is 4.37. The molecule has 1 aromatic heterocycles. The summed E-state index contributed by atoms with van der Waals surface area (Å²) in [7, 11) is 1.57. The van der Waals surface area contributed by atoms with E-state index in [4.69, 9.17) is 5.73 Å². The van der Waals surface area contributed by atoms with Crippen molar-refractivity contribution < 1.29 is 9.59 Å². The lowest BCUT2D eigenvalue weighted by atomic mass is 10.1. The van der Waals surface area contributed by atoms with Crippen LogP contribution in [0.1, 0.15) is 22.3 Å². The standard InChI is InChI=1S/C19H22N4O2S/c1-21-18(24)16-10-15(20)11-23(16)19(25)14-7-5-13(6-8-14)12-26-17-4-2-3-9-22-17/h2-9,15-16H,10-12,20H2,1H3,(H,21,24)/t15-,16+/m1/s1. The molecule has 0 bridgehead atoms. The predicted molar refractivity (Wildman–Crippen MR) is 102 cm³/mol. The van der Waals surface area contributed by atoms with Crippen LogP contribution in [0.15, 0.2) is 53.7 Å². The zero-order valence-corrected chi connectivity index (χ0v) is 15.4. The molecule has 1 fully saturated rings. The number of aromatic nitrogens is 1. The van der Waals surface area contributed by atoms with E-state index in [2.05, 4.69) is 10.3 Å². The molecule has 1 saturated heterocycles. The Balaban J connectivity index is 1.65. The first-order chi connectivity index (χ1) is 12.6. The van der Waals surface area contributed by atoms with Crippen LogP contribution in [0.25, 0.3) is 0 Å². The molecule has 0 saturated carbocycles. The molecule has 136 valence electrons. The number of nitrogens with two attached hydrogens (primary N) is 1. The summed E-state index contributed by atoms with van der Waals surface area (Å²) in [5.74, 6) is 0.450. The zero-order valence-electron chi connectivity index (χ0n) is 14.6. The molecule has 0 radical (unpaired) electrons. The zero-order chi connectivity index (χ0) is 18.5. The first-order valence-corrected chi connectivity index (χ1v) is 9.48. The van der Waals surface area contributed by atoms with Crippen LogP contribution in [0.5, 0.6) is 0 Å². The average molecular weight is 370 g/mol. The van der Waals surface area contributed by atoms with Gasteiger partial charge < -0.3 is 16.0 Å². The summed E-state index contributed by atoms with van der Waals surface area (Å²) in [6, 6.07) is 12.6. The Hall–Kier alpha value is -2.38. The van der Waals surface area contributed by atoms with Crippen LogP contribution in [0.2, 0.25) is 0 Å². The molecule has 0 aliphatic carbocycles. The van der Waals surface area contributed by atoms with Crippen LogP contribution in [0.4, 0.5) is 0 Å². The molecule has 1 aliphatic heterocycles. The van der Waals surface area contributed by atoms with Crippen molar-refractivity contribution in [2.75, 3.05) is 13.6 Å². The highest BCUT2D eigenvalue weighted by atomic mass is 32.2. The molecule has 1 aliphatic rings. The maximum Gasteiger partial charge on any atom is 0.254 e. The number of likely N-dealkylation sites (N-methyl/N-ethyl adjacent to an activating group) is 1. The van der Waals surface area contributed by atoms with Crippen molar-refractivity contribution in [3.63, 3.8) is 0 Å². The summed E-state index contributed by atoms with van der Waals surface area (Å²) in [4.78, 5) is 30.7. The SMILES string of the molecule is CNC(=O)[C@@H]1C[C@@H](N)CN1C(=O)c1ccc(CSc2ccccn2)cc1. The minimum Gasteiger partial charge on any atom is -0.357 e. The summed E-state index contributed by atoms with van der Waals surface area (Å²) in [5, 5.41) is 3.57. The summed E-state index contributed by atoms with van der Waals surface area (Å²) in [6.07, 6.45) is 2.26. The van der Waals surface area contributed by atoms with Gasteiger partial charge in [0.2, 0.25) is 5.91 Å². The Bertz CT molecular complexity index is 767. The predicted octanol–water partition coefficient (Wildman–Crippen LogP) is 1.66. The summed E-state index contributed by atoms with van der Waals surface area (Å²) >= 11 is 1.64. The van der Waals surface area contributed by atoms with Crippen LogP contribution < -0.4 is 11.1 Å². The molecule has 0 unspecified atom stereocenters. The van der Waals surface area contributed by atoms with Gasteiger partial charge in [-0.25, -0.2) is 4.98 Å². The molecular formula is C19H22N4O2S. The van der Waals surface area contributed by atoms with Gasteiger partial charge in [0.1, 0.15) is 6.04 Å². The number of likely N-dealkylation sites (tertiary alicyclic amines) is 1. The average Bonchev–Trinajstić information content (AvgIpc) is 3.08. The normalized spacial score (nSPS) is 19.4. The van der Waals surface area contributed by atoms with Gasteiger partial charge in [-0.1, -0.05) is 18.2 Å². The fourth-order valence-corrected chi connectivity index (χ4v) is 3.82. The van der Waals surface area contributed by atoms with Crippen LogP contribution in [-0.4, -0.2) is 47.4 Å². The van der Waals surface area contributed by atoms with Gasteiger partial charge in [-0.2, -0.15) is 0 Å². The highest BCUT2D eigenvalue weighted by molar-refractivity contribution is 7.98. The first kappa shape index (κ1) is 18.4. The van der Waals surface area contributed by atoms with Crippen LogP contribution in [-0.2, 0) is 10.5 Å². The minimum absolute atomic E-state index is 0.157. The van der Waals surface area contributed by atoms with Crippen molar-refractivity contribution in [2.24, 2.45) is 5.73 Å². The second kappa shape index (κ2) is 8.33. The lowest BCUT2D eigenvalue weighted by Gasteiger charge is -2.23. The molecule has 1 aromatic carbocycles. The van der Waals surface area contributed by atoms with E-state index in [9.17, 15) is 9.59 Å². The third-order valence-corrected chi connectivity index (χ3v) is 5.38. The number of carbonyl (C=O) groups excluding carboxylic acids is 2. The topological polar surface area (TPSA) is 88.3 Å². The third kappa shape index (κ3) is 4.23. The lowest BCUT2D eigenvalue weighted by molar-refractivity contribution is -0.124. The second-order valence-electron chi connectivity index (χ2n) is 6.24. The minimum atomic E-state index is -0.498. The fraction of sp³-hybridized carbons (Fsp3) is 0.316. The smallest absolute Gasteiger partial charge is 0.254 e. The highest BCUT2D eigenvalue weighted by Gasteiger charge is 2.37. The Morgan fingerprint density at radius 1 is 1.27 bits per heavy atom. The van der Waals surface area contributed by atoms with Gasteiger partial charge in [0.15, 0.2) is 0 Å². The van der Waals surface area contributed by atoms with Crippen molar-refractivity contribution in [3.8, 4) is 0 Å². The van der Waals surface area contributed by atoms with E-state index in [1.54, 1.807) is 42.0 Å². The molecule has 6 nitrogen and oxygen atoms in total. The van der Waals surface area contributed by atoms with Crippen LogP contribution >= 0.6 is 11.8 Å². The van der Waals surface area contributed by atoms with E-state index in [0.29, 0.717) is 18.5 Å². The number of amides is 2. The summed E-state index contributed by atoms with van der Waals surface area (Å²) in [5.41, 5.74) is 7.64. The summed E-state index contributed by atoms with van der Waals surface area (Å²) in [6.45, 7) is 0.397. The van der Waals surface area contributed by atoms with Crippen molar-refractivity contribution in [3.05, 3.63) is 59.8 Å². The molecule has 26 heavy (non-hydrogen) atoms. The van der Waals surface area contributed by atoms with E-state index in [-0.39, 0.29) is 17.9 Å². The van der Waals surface area contributed by atoms with Gasteiger partial charge in [0.25, 0.3) is 5.91 Å². The van der Waals surface area contributed by atoms with Crippen molar-refractivity contribution >= 4 is 23.6 Å². The molecule has 0 spiro atoms. The highest BCUT2D eigenvalue weighted by Crippen LogP contribution is 2.23. The largest absolute Gasteiger partial charge is 0.357 e. The number of carbonyl (C=O) groups is 2. The number of rotatable bonds is 5. The Morgan fingerprint density at radius 3 is 2.69 bits per heavy atom. The number of hydrogen-bond donors (Lipinski definition) is 2. The van der Waals surface area contributed by atoms with Gasteiger partial charge in [-0.3, -0.25) is 9.59 Å².